The van der Waals surface area contributed by atoms with Crippen molar-refractivity contribution >= 4 is 23.2 Å². The number of aryl methyl sites for hydroxylation is 1. The van der Waals surface area contributed by atoms with E-state index in [1.165, 1.54) is 5.56 Å². The number of hydrogen-bond acceptors (Lipinski definition) is 3. The molecule has 0 aliphatic heterocycles. The summed E-state index contributed by atoms with van der Waals surface area (Å²) in [6, 6.07) is 7.95. The van der Waals surface area contributed by atoms with Crippen LogP contribution in [0.4, 0.5) is 0 Å². The van der Waals surface area contributed by atoms with Crippen LogP contribution < -0.4 is 0 Å². The van der Waals surface area contributed by atoms with Crippen LogP contribution in [0.3, 0.4) is 0 Å². The van der Waals surface area contributed by atoms with Crippen molar-refractivity contribution in [3.8, 4) is 11.4 Å². The molecule has 0 bridgehead atoms. The highest BCUT2D eigenvalue weighted by molar-refractivity contribution is 6.31. The second-order valence-corrected chi connectivity index (χ2v) is 3.92. The van der Waals surface area contributed by atoms with E-state index in [-0.39, 0.29) is 10.6 Å². The van der Waals surface area contributed by atoms with Crippen LogP contribution in [0.2, 0.25) is 10.6 Å². The monoisotopic (exact) mass is 253 g/mol. The minimum absolute atomic E-state index is 0.106. The lowest BCUT2D eigenvalue weighted by molar-refractivity contribution is 1.06. The third kappa shape index (κ3) is 2.49. The zero-order valence-electron chi connectivity index (χ0n) is 8.61. The van der Waals surface area contributed by atoms with Crippen molar-refractivity contribution in [1.29, 1.82) is 0 Å². The lowest BCUT2D eigenvalue weighted by atomic mass is 10.1. The molecule has 16 heavy (non-hydrogen) atoms. The van der Waals surface area contributed by atoms with E-state index in [9.17, 15) is 0 Å². The van der Waals surface area contributed by atoms with Gasteiger partial charge in [-0.15, -0.1) is 0 Å². The summed E-state index contributed by atoms with van der Waals surface area (Å²) < 4.78 is 0. The average molecular weight is 254 g/mol. The maximum Gasteiger partial charge on any atom is 0.227 e. The molecular weight excluding hydrogens is 245 g/mol. The quantitative estimate of drug-likeness (QED) is 0.824. The Kier molecular flexibility index (Phi) is 3.36. The number of aromatic nitrogens is 3. The maximum absolute atomic E-state index is 5.71. The standard InChI is InChI=1S/C11H9Cl2N3/c1-2-7-3-5-8(6-4-7)9-14-10(12)16-11(13)15-9/h3-6H,2H2,1H3. The Bertz CT molecular complexity index is 477. The highest BCUT2D eigenvalue weighted by atomic mass is 35.5. The Hall–Kier alpha value is -1.19. The molecule has 0 saturated heterocycles. The fourth-order valence-corrected chi connectivity index (χ4v) is 1.71. The topological polar surface area (TPSA) is 38.7 Å². The summed E-state index contributed by atoms with van der Waals surface area (Å²) in [7, 11) is 0. The summed E-state index contributed by atoms with van der Waals surface area (Å²) in [5.74, 6) is 0.493. The first kappa shape index (κ1) is 11.3. The summed E-state index contributed by atoms with van der Waals surface area (Å²) in [6.07, 6.45) is 0.999. The average Bonchev–Trinajstić information content (AvgIpc) is 2.28. The summed E-state index contributed by atoms with van der Waals surface area (Å²) in [5, 5.41) is 0.212. The Labute approximate surface area is 103 Å². The minimum Gasteiger partial charge on any atom is -0.198 e. The van der Waals surface area contributed by atoms with Crippen molar-refractivity contribution in [3.05, 3.63) is 40.4 Å². The SMILES string of the molecule is CCc1ccc(-c2nc(Cl)nc(Cl)n2)cc1. The second-order valence-electron chi connectivity index (χ2n) is 3.25. The van der Waals surface area contributed by atoms with Gasteiger partial charge in [0.05, 0.1) is 0 Å². The van der Waals surface area contributed by atoms with Gasteiger partial charge in [0.1, 0.15) is 0 Å². The Morgan fingerprint density at radius 2 is 1.50 bits per heavy atom. The van der Waals surface area contributed by atoms with Gasteiger partial charge in [0.25, 0.3) is 0 Å². The summed E-state index contributed by atoms with van der Waals surface area (Å²) in [4.78, 5) is 11.7. The normalized spacial score (nSPS) is 10.4. The molecule has 0 spiro atoms. The van der Waals surface area contributed by atoms with Gasteiger partial charge in [-0.05, 0) is 35.2 Å². The molecule has 0 atom stereocenters. The number of hydrogen-bond donors (Lipinski definition) is 0. The minimum atomic E-state index is 0.106. The highest BCUT2D eigenvalue weighted by Gasteiger charge is 2.05. The van der Waals surface area contributed by atoms with Gasteiger partial charge in [-0.25, -0.2) is 0 Å². The van der Waals surface area contributed by atoms with Crippen LogP contribution in [0.15, 0.2) is 24.3 Å². The van der Waals surface area contributed by atoms with Crippen LogP contribution >= 0.6 is 23.2 Å². The van der Waals surface area contributed by atoms with Crippen molar-refractivity contribution in [2.75, 3.05) is 0 Å². The van der Waals surface area contributed by atoms with E-state index in [4.69, 9.17) is 23.2 Å². The summed E-state index contributed by atoms with van der Waals surface area (Å²) in [5.41, 5.74) is 2.14. The van der Waals surface area contributed by atoms with Crippen LogP contribution in [-0.4, -0.2) is 15.0 Å². The molecule has 82 valence electrons. The molecular formula is C11H9Cl2N3. The molecule has 0 N–H and O–H groups in total. The van der Waals surface area contributed by atoms with E-state index in [1.807, 2.05) is 24.3 Å². The molecule has 0 unspecified atom stereocenters. The lowest BCUT2D eigenvalue weighted by Gasteiger charge is -2.02. The van der Waals surface area contributed by atoms with Gasteiger partial charge in [0, 0.05) is 5.56 Å². The van der Waals surface area contributed by atoms with Crippen molar-refractivity contribution in [3.63, 3.8) is 0 Å². The van der Waals surface area contributed by atoms with E-state index in [2.05, 4.69) is 21.9 Å². The van der Waals surface area contributed by atoms with E-state index in [0.29, 0.717) is 5.82 Å². The highest BCUT2D eigenvalue weighted by Crippen LogP contribution is 2.18. The predicted octanol–water partition coefficient (Wildman–Crippen LogP) is 3.41. The van der Waals surface area contributed by atoms with Crippen LogP contribution in [0.25, 0.3) is 11.4 Å². The van der Waals surface area contributed by atoms with Crippen LogP contribution in [0.5, 0.6) is 0 Å². The van der Waals surface area contributed by atoms with Gasteiger partial charge < -0.3 is 0 Å². The molecule has 5 heteroatoms. The van der Waals surface area contributed by atoms with Gasteiger partial charge in [-0.3, -0.25) is 0 Å². The molecule has 3 nitrogen and oxygen atoms in total. The largest absolute Gasteiger partial charge is 0.227 e. The maximum atomic E-state index is 5.71. The molecule has 1 aromatic heterocycles. The zero-order chi connectivity index (χ0) is 11.5. The first-order chi connectivity index (χ1) is 7.69. The van der Waals surface area contributed by atoms with E-state index in [0.717, 1.165) is 12.0 Å². The molecule has 0 fully saturated rings. The van der Waals surface area contributed by atoms with Crippen LogP contribution in [0.1, 0.15) is 12.5 Å². The number of benzene rings is 1. The Morgan fingerprint density at radius 1 is 0.938 bits per heavy atom. The number of halogens is 2. The second kappa shape index (κ2) is 4.76. The smallest absolute Gasteiger partial charge is 0.198 e. The summed E-state index contributed by atoms with van der Waals surface area (Å²) in [6.45, 7) is 2.10. The Balaban J connectivity index is 2.42. The third-order valence-corrected chi connectivity index (χ3v) is 2.54. The van der Waals surface area contributed by atoms with E-state index < -0.39 is 0 Å². The van der Waals surface area contributed by atoms with E-state index in [1.54, 1.807) is 0 Å². The Morgan fingerprint density at radius 3 is 2.00 bits per heavy atom. The zero-order valence-corrected chi connectivity index (χ0v) is 10.1. The van der Waals surface area contributed by atoms with E-state index >= 15 is 0 Å². The number of rotatable bonds is 2. The number of nitrogens with zero attached hydrogens (tertiary/aromatic N) is 3. The molecule has 2 aromatic rings. The first-order valence-electron chi connectivity index (χ1n) is 4.85. The van der Waals surface area contributed by atoms with Crippen molar-refractivity contribution in [2.45, 2.75) is 13.3 Å². The molecule has 0 radical (unpaired) electrons. The fraction of sp³-hybridized carbons (Fsp3) is 0.182. The van der Waals surface area contributed by atoms with Gasteiger partial charge in [-0.1, -0.05) is 31.2 Å². The van der Waals surface area contributed by atoms with Gasteiger partial charge >= 0.3 is 0 Å². The predicted molar refractivity (Wildman–Crippen MR) is 64.7 cm³/mol. The molecule has 1 aromatic carbocycles. The van der Waals surface area contributed by atoms with Crippen molar-refractivity contribution in [2.24, 2.45) is 0 Å². The van der Waals surface area contributed by atoms with Gasteiger partial charge in [0.15, 0.2) is 5.82 Å². The van der Waals surface area contributed by atoms with Gasteiger partial charge in [-0.2, -0.15) is 15.0 Å². The molecule has 0 amide bonds. The third-order valence-electron chi connectivity index (χ3n) is 2.20. The first-order valence-corrected chi connectivity index (χ1v) is 5.61. The molecule has 0 aliphatic rings. The van der Waals surface area contributed by atoms with Crippen molar-refractivity contribution < 1.29 is 0 Å². The van der Waals surface area contributed by atoms with Crippen LogP contribution in [-0.2, 0) is 6.42 Å². The molecule has 1 heterocycles. The lowest BCUT2D eigenvalue weighted by Crippen LogP contribution is -1.93. The van der Waals surface area contributed by atoms with Crippen molar-refractivity contribution in [1.82, 2.24) is 15.0 Å². The fourth-order valence-electron chi connectivity index (χ4n) is 1.34. The summed E-state index contributed by atoms with van der Waals surface area (Å²) >= 11 is 11.4. The van der Waals surface area contributed by atoms with Gasteiger partial charge in [0.2, 0.25) is 10.6 Å². The molecule has 2 rings (SSSR count). The molecule has 0 saturated carbocycles. The molecule has 0 aliphatic carbocycles. The van der Waals surface area contributed by atoms with Crippen LogP contribution in [0, 0.1) is 0 Å².